The van der Waals surface area contributed by atoms with Crippen LogP contribution in [0, 0.1) is 11.7 Å². The zero-order valence-corrected chi connectivity index (χ0v) is 23.3. The van der Waals surface area contributed by atoms with Crippen LogP contribution in [0.25, 0.3) is 0 Å². The maximum Gasteiger partial charge on any atom is 0.408 e. The molecule has 38 heavy (non-hydrogen) atoms. The Kier molecular flexibility index (Phi) is 8.83. The summed E-state index contributed by atoms with van der Waals surface area (Å²) in [5.74, 6) is -0.0381. The highest BCUT2D eigenvalue weighted by molar-refractivity contribution is 5.84. The first-order valence-electron chi connectivity index (χ1n) is 14.1. The third-order valence-corrected chi connectivity index (χ3v) is 8.34. The highest BCUT2D eigenvalue weighted by Gasteiger charge is 2.37. The van der Waals surface area contributed by atoms with E-state index in [2.05, 4.69) is 24.1 Å². The van der Waals surface area contributed by atoms with Gasteiger partial charge in [-0.2, -0.15) is 0 Å². The van der Waals surface area contributed by atoms with Gasteiger partial charge < -0.3 is 24.8 Å². The van der Waals surface area contributed by atoms with Gasteiger partial charge in [0.05, 0.1) is 0 Å². The fraction of sp³-hybridized carbons (Fsp3) is 0.690. The molecule has 2 aliphatic heterocycles. The number of hydrogen-bond donors (Lipinski definition) is 1. The first kappa shape index (κ1) is 28.2. The van der Waals surface area contributed by atoms with Gasteiger partial charge in [0.15, 0.2) is 6.10 Å². The van der Waals surface area contributed by atoms with E-state index in [9.17, 15) is 18.8 Å². The largest absolute Gasteiger partial charge is 0.436 e. The highest BCUT2D eigenvalue weighted by atomic mass is 19.1. The fourth-order valence-corrected chi connectivity index (χ4v) is 6.25. The molecule has 3 amide bonds. The van der Waals surface area contributed by atoms with Gasteiger partial charge in [0, 0.05) is 56.9 Å². The molecule has 0 aromatic heterocycles. The molecule has 1 N–H and O–H groups in total. The minimum absolute atomic E-state index is 0.00871. The molecule has 1 saturated carbocycles. The lowest BCUT2D eigenvalue weighted by atomic mass is 9.85. The molecule has 8 nitrogen and oxygen atoms in total. The van der Waals surface area contributed by atoms with E-state index in [1.165, 1.54) is 19.4 Å². The number of rotatable bonds is 7. The molecule has 0 radical (unpaired) electrons. The van der Waals surface area contributed by atoms with Crippen LogP contribution >= 0.6 is 0 Å². The first-order chi connectivity index (χ1) is 18.0. The average Bonchev–Trinajstić information content (AvgIpc) is 3.11. The molecule has 1 aromatic carbocycles. The predicted molar refractivity (Wildman–Crippen MR) is 144 cm³/mol. The van der Waals surface area contributed by atoms with Crippen molar-refractivity contribution in [2.75, 3.05) is 37.6 Å². The summed E-state index contributed by atoms with van der Waals surface area (Å²) in [6, 6.07) is 4.61. The lowest BCUT2D eigenvalue weighted by molar-refractivity contribution is -0.145. The van der Waals surface area contributed by atoms with Crippen LogP contribution in [0.5, 0.6) is 0 Å². The molecule has 0 spiro atoms. The van der Waals surface area contributed by atoms with Gasteiger partial charge >= 0.3 is 6.09 Å². The van der Waals surface area contributed by atoms with Crippen LogP contribution in [0.2, 0.25) is 0 Å². The zero-order chi connectivity index (χ0) is 27.4. The van der Waals surface area contributed by atoms with Crippen molar-refractivity contribution < 1.29 is 23.5 Å². The second-order valence-electron chi connectivity index (χ2n) is 11.9. The van der Waals surface area contributed by atoms with E-state index in [1.807, 2.05) is 6.92 Å². The molecule has 2 heterocycles. The first-order valence-corrected chi connectivity index (χ1v) is 14.1. The number of alkyl carbamates (subject to hydrolysis) is 1. The fourth-order valence-electron chi connectivity index (χ4n) is 6.25. The number of anilines is 1. The maximum absolute atomic E-state index is 13.8. The molecule has 4 rings (SSSR count). The standard InChI is InChI=1S/C29H43FN4O4/c1-20(19-34-25-11-10-24(30)17-23(25)18-29(34,3)4)31-28(37)38-26(16-22-8-6-5-7-9-22)27(36)33-14-12-32(13-15-33)21(2)35/h10-11,17,20,22,26H,5-9,12-16,18-19H2,1-4H3,(H,31,37). The van der Waals surface area contributed by atoms with Crippen molar-refractivity contribution in [3.8, 4) is 0 Å². The Morgan fingerprint density at radius 3 is 2.39 bits per heavy atom. The third kappa shape index (κ3) is 6.77. The Hall–Kier alpha value is -2.84. The molecular formula is C29H43FN4O4. The van der Waals surface area contributed by atoms with Crippen LogP contribution in [0.1, 0.15) is 71.8 Å². The topological polar surface area (TPSA) is 82.2 Å². The highest BCUT2D eigenvalue weighted by Crippen LogP contribution is 2.39. The van der Waals surface area contributed by atoms with Crippen molar-refractivity contribution >= 4 is 23.6 Å². The lowest BCUT2D eigenvalue weighted by Gasteiger charge is -2.37. The van der Waals surface area contributed by atoms with Crippen molar-refractivity contribution in [1.82, 2.24) is 15.1 Å². The van der Waals surface area contributed by atoms with E-state index in [1.54, 1.807) is 21.9 Å². The smallest absolute Gasteiger partial charge is 0.408 e. The minimum Gasteiger partial charge on any atom is -0.436 e. The number of carbonyl (C=O) groups excluding carboxylic acids is 3. The molecular weight excluding hydrogens is 487 g/mol. The van der Waals surface area contributed by atoms with Gasteiger partial charge in [-0.15, -0.1) is 0 Å². The molecule has 0 bridgehead atoms. The van der Waals surface area contributed by atoms with Crippen LogP contribution in [0.4, 0.5) is 14.9 Å². The molecule has 2 fully saturated rings. The van der Waals surface area contributed by atoms with Gasteiger partial charge in [0.25, 0.3) is 5.91 Å². The van der Waals surface area contributed by atoms with Crippen molar-refractivity contribution in [3.63, 3.8) is 0 Å². The monoisotopic (exact) mass is 530 g/mol. The van der Waals surface area contributed by atoms with Gasteiger partial charge in [0.1, 0.15) is 5.82 Å². The summed E-state index contributed by atoms with van der Waals surface area (Å²) in [6.07, 6.45) is 5.43. The van der Waals surface area contributed by atoms with E-state index >= 15 is 0 Å². The summed E-state index contributed by atoms with van der Waals surface area (Å²) in [6.45, 7) is 10.1. The van der Waals surface area contributed by atoms with Crippen LogP contribution in [0.15, 0.2) is 18.2 Å². The molecule has 1 saturated heterocycles. The SMILES string of the molecule is CC(=O)N1CCN(C(=O)C(CC2CCCCC2)OC(=O)NC(C)CN2c3ccc(F)cc3CC2(C)C)CC1. The lowest BCUT2D eigenvalue weighted by Crippen LogP contribution is -2.54. The van der Waals surface area contributed by atoms with Crippen molar-refractivity contribution in [2.45, 2.75) is 90.3 Å². The Balaban J connectivity index is 1.38. The third-order valence-electron chi connectivity index (χ3n) is 8.34. The van der Waals surface area contributed by atoms with E-state index in [4.69, 9.17) is 4.74 Å². The Morgan fingerprint density at radius 2 is 1.74 bits per heavy atom. The normalized spacial score (nSPS) is 21.0. The maximum atomic E-state index is 13.8. The molecule has 210 valence electrons. The number of nitrogens with one attached hydrogen (secondary N) is 1. The Labute approximate surface area is 225 Å². The van der Waals surface area contributed by atoms with E-state index in [0.717, 1.165) is 43.4 Å². The van der Waals surface area contributed by atoms with Crippen LogP contribution in [0.3, 0.4) is 0 Å². The second kappa shape index (κ2) is 11.9. The number of piperazine rings is 1. The van der Waals surface area contributed by atoms with E-state index < -0.39 is 12.2 Å². The van der Waals surface area contributed by atoms with Gasteiger partial charge in [-0.05, 0) is 63.3 Å². The van der Waals surface area contributed by atoms with Crippen LogP contribution in [-0.2, 0) is 20.7 Å². The summed E-state index contributed by atoms with van der Waals surface area (Å²) in [5, 5.41) is 2.93. The summed E-state index contributed by atoms with van der Waals surface area (Å²) in [7, 11) is 0. The Bertz CT molecular complexity index is 1020. The number of halogens is 1. The number of carbonyl (C=O) groups is 3. The molecule has 9 heteroatoms. The Morgan fingerprint density at radius 1 is 1.08 bits per heavy atom. The average molecular weight is 531 g/mol. The second-order valence-corrected chi connectivity index (χ2v) is 11.9. The molecule has 3 aliphatic rings. The molecule has 1 aliphatic carbocycles. The number of nitrogens with zero attached hydrogens (tertiary/aromatic N) is 3. The zero-order valence-electron chi connectivity index (χ0n) is 23.3. The van der Waals surface area contributed by atoms with Crippen molar-refractivity contribution in [3.05, 3.63) is 29.6 Å². The quantitative estimate of drug-likeness (QED) is 0.574. The van der Waals surface area contributed by atoms with Gasteiger partial charge in [-0.1, -0.05) is 32.1 Å². The summed E-state index contributed by atoms with van der Waals surface area (Å²) in [5.41, 5.74) is 1.73. The van der Waals surface area contributed by atoms with E-state index in [-0.39, 0.29) is 29.2 Å². The van der Waals surface area contributed by atoms with Gasteiger partial charge in [0.2, 0.25) is 5.91 Å². The van der Waals surface area contributed by atoms with E-state index in [0.29, 0.717) is 45.1 Å². The van der Waals surface area contributed by atoms with Gasteiger partial charge in [-0.25, -0.2) is 9.18 Å². The number of benzene rings is 1. The number of hydrogen-bond acceptors (Lipinski definition) is 5. The van der Waals surface area contributed by atoms with Crippen molar-refractivity contribution in [2.24, 2.45) is 5.92 Å². The summed E-state index contributed by atoms with van der Waals surface area (Å²) >= 11 is 0. The number of amides is 3. The predicted octanol–water partition coefficient (Wildman–Crippen LogP) is 4.11. The van der Waals surface area contributed by atoms with Gasteiger partial charge in [-0.3, -0.25) is 9.59 Å². The van der Waals surface area contributed by atoms with Crippen LogP contribution in [-0.4, -0.2) is 78.1 Å². The minimum atomic E-state index is -0.832. The number of fused-ring (bicyclic) bond motifs is 1. The van der Waals surface area contributed by atoms with Crippen molar-refractivity contribution in [1.29, 1.82) is 0 Å². The molecule has 1 aromatic rings. The molecule has 2 unspecified atom stereocenters. The molecule has 2 atom stereocenters. The summed E-state index contributed by atoms with van der Waals surface area (Å²) in [4.78, 5) is 43.9. The summed E-state index contributed by atoms with van der Waals surface area (Å²) < 4.78 is 19.6. The number of ether oxygens (including phenoxy) is 1. The van der Waals surface area contributed by atoms with Crippen LogP contribution < -0.4 is 10.2 Å².